The van der Waals surface area contributed by atoms with Gasteiger partial charge in [0.05, 0.1) is 13.2 Å². The van der Waals surface area contributed by atoms with Crippen LogP contribution in [0.2, 0.25) is 0 Å². The molecule has 2 aromatic carbocycles. The van der Waals surface area contributed by atoms with E-state index in [0.717, 1.165) is 0 Å². The molecule has 1 atom stereocenters. The van der Waals surface area contributed by atoms with Crippen LogP contribution < -0.4 is 19.5 Å². The number of methoxy groups -OCH3 is 1. The highest BCUT2D eigenvalue weighted by molar-refractivity contribution is 5.59. The molecule has 0 unspecified atom stereocenters. The summed E-state index contributed by atoms with van der Waals surface area (Å²) in [5.41, 5.74) is 0.950. The molecular formula is C19H17N3O5. The molecule has 2 heterocycles. The van der Waals surface area contributed by atoms with Crippen LogP contribution in [0.4, 0.5) is 5.95 Å². The Morgan fingerprint density at radius 3 is 2.52 bits per heavy atom. The smallest absolute Gasteiger partial charge is 0.231 e. The van der Waals surface area contributed by atoms with Crippen molar-refractivity contribution in [2.75, 3.05) is 19.2 Å². The number of para-hydroxylation sites is 1. The first-order chi connectivity index (χ1) is 13.2. The zero-order chi connectivity index (χ0) is 18.8. The maximum absolute atomic E-state index is 10.6. The van der Waals surface area contributed by atoms with Gasteiger partial charge in [-0.25, -0.2) is 9.97 Å². The van der Waals surface area contributed by atoms with Crippen molar-refractivity contribution >= 4 is 5.95 Å². The maximum Gasteiger partial charge on any atom is 0.231 e. The highest BCUT2D eigenvalue weighted by Crippen LogP contribution is 2.44. The van der Waals surface area contributed by atoms with E-state index in [-0.39, 0.29) is 18.3 Å². The summed E-state index contributed by atoms with van der Waals surface area (Å²) < 4.78 is 15.9. The zero-order valence-electron chi connectivity index (χ0n) is 14.4. The first kappa shape index (κ1) is 16.8. The Morgan fingerprint density at radius 1 is 1.04 bits per heavy atom. The Labute approximate surface area is 155 Å². The summed E-state index contributed by atoms with van der Waals surface area (Å²) in [6.45, 7) is 0.0858. The van der Waals surface area contributed by atoms with Crippen molar-refractivity contribution in [3.05, 3.63) is 59.9 Å². The number of hydrogen-bond donors (Lipinski definition) is 3. The van der Waals surface area contributed by atoms with E-state index in [1.165, 1.54) is 13.2 Å². The second kappa shape index (κ2) is 6.91. The second-order valence-electron chi connectivity index (χ2n) is 5.81. The number of aromatic hydroxyl groups is 2. The molecule has 0 fully saturated rings. The molecule has 1 aliphatic heterocycles. The van der Waals surface area contributed by atoms with E-state index in [0.29, 0.717) is 34.3 Å². The van der Waals surface area contributed by atoms with Crippen molar-refractivity contribution in [3.63, 3.8) is 0 Å². The van der Waals surface area contributed by atoms with Crippen LogP contribution in [0.3, 0.4) is 0 Å². The van der Waals surface area contributed by atoms with Crippen molar-refractivity contribution < 1.29 is 24.4 Å². The lowest BCUT2D eigenvalue weighted by atomic mass is 9.96. The van der Waals surface area contributed by atoms with Gasteiger partial charge in [0.15, 0.2) is 23.0 Å². The van der Waals surface area contributed by atoms with Crippen LogP contribution in [0.25, 0.3) is 0 Å². The number of phenols is 2. The number of fused-ring (bicyclic) bond motifs is 1. The van der Waals surface area contributed by atoms with E-state index < -0.39 is 6.04 Å². The molecule has 0 bridgehead atoms. The molecular weight excluding hydrogens is 350 g/mol. The van der Waals surface area contributed by atoms with Crippen LogP contribution >= 0.6 is 0 Å². The molecule has 0 radical (unpaired) electrons. The lowest BCUT2D eigenvalue weighted by molar-refractivity contribution is 0.174. The number of anilines is 1. The monoisotopic (exact) mass is 367 g/mol. The number of phenolic OH excluding ortho intramolecular Hbond substituents is 2. The molecule has 1 aliphatic rings. The first-order valence-electron chi connectivity index (χ1n) is 8.19. The summed E-state index contributed by atoms with van der Waals surface area (Å²) in [6, 6.07) is 9.29. The van der Waals surface area contributed by atoms with Crippen LogP contribution in [0, 0.1) is 0 Å². The summed E-state index contributed by atoms with van der Waals surface area (Å²) in [5.74, 6) is 1.54. The Morgan fingerprint density at radius 2 is 1.78 bits per heavy atom. The van der Waals surface area contributed by atoms with Crippen molar-refractivity contribution in [2.45, 2.75) is 6.04 Å². The van der Waals surface area contributed by atoms with Crippen molar-refractivity contribution in [1.29, 1.82) is 0 Å². The minimum Gasteiger partial charge on any atom is -0.507 e. The summed E-state index contributed by atoms with van der Waals surface area (Å²) in [5, 5.41) is 24.4. The van der Waals surface area contributed by atoms with E-state index in [9.17, 15) is 10.2 Å². The zero-order valence-corrected chi connectivity index (χ0v) is 14.4. The fourth-order valence-electron chi connectivity index (χ4n) is 2.94. The van der Waals surface area contributed by atoms with Crippen molar-refractivity contribution in [3.8, 4) is 28.7 Å². The maximum atomic E-state index is 10.6. The van der Waals surface area contributed by atoms with E-state index in [1.807, 2.05) is 0 Å². The number of rotatable bonds is 5. The normalized spacial score (nSPS) is 13.2. The summed E-state index contributed by atoms with van der Waals surface area (Å²) in [6.07, 6.45) is 3.19. The molecule has 27 heavy (non-hydrogen) atoms. The fourth-order valence-corrected chi connectivity index (χ4v) is 2.94. The minimum atomic E-state index is -0.669. The van der Waals surface area contributed by atoms with Gasteiger partial charge in [-0.3, -0.25) is 0 Å². The number of ether oxygens (including phenoxy) is 3. The largest absolute Gasteiger partial charge is 0.507 e. The molecule has 0 amide bonds. The lowest BCUT2D eigenvalue weighted by Gasteiger charge is -2.22. The molecule has 3 aromatic rings. The Hall–Kier alpha value is -3.68. The third-order valence-electron chi connectivity index (χ3n) is 4.23. The Kier molecular flexibility index (Phi) is 4.29. The van der Waals surface area contributed by atoms with Crippen LogP contribution in [-0.2, 0) is 0 Å². The van der Waals surface area contributed by atoms with Crippen molar-refractivity contribution in [1.82, 2.24) is 9.97 Å². The number of aromatic nitrogens is 2. The lowest BCUT2D eigenvalue weighted by Crippen LogP contribution is -2.15. The van der Waals surface area contributed by atoms with E-state index in [4.69, 9.17) is 14.2 Å². The summed E-state index contributed by atoms with van der Waals surface area (Å²) in [4.78, 5) is 8.34. The van der Waals surface area contributed by atoms with E-state index in [2.05, 4.69) is 15.3 Å². The van der Waals surface area contributed by atoms with Crippen LogP contribution in [0.5, 0.6) is 28.7 Å². The fraction of sp³-hybridized carbons (Fsp3) is 0.158. The van der Waals surface area contributed by atoms with Gasteiger partial charge < -0.3 is 29.7 Å². The van der Waals surface area contributed by atoms with Crippen molar-refractivity contribution in [2.24, 2.45) is 0 Å². The highest BCUT2D eigenvalue weighted by Gasteiger charge is 2.27. The summed E-state index contributed by atoms with van der Waals surface area (Å²) in [7, 11) is 1.47. The predicted octanol–water partition coefficient (Wildman–Crippen LogP) is 2.83. The third-order valence-corrected chi connectivity index (χ3v) is 4.23. The average molecular weight is 367 g/mol. The molecule has 138 valence electrons. The Bertz CT molecular complexity index is 965. The molecule has 0 spiro atoms. The molecule has 0 saturated carbocycles. The van der Waals surface area contributed by atoms with E-state index >= 15 is 0 Å². The summed E-state index contributed by atoms with van der Waals surface area (Å²) >= 11 is 0. The van der Waals surface area contributed by atoms with Gasteiger partial charge in [0.1, 0.15) is 5.75 Å². The number of nitrogens with zero attached hydrogens (tertiary/aromatic N) is 2. The van der Waals surface area contributed by atoms with Crippen LogP contribution in [0.1, 0.15) is 17.2 Å². The van der Waals surface area contributed by atoms with Gasteiger partial charge in [0, 0.05) is 29.6 Å². The molecule has 0 aliphatic carbocycles. The number of hydrogen-bond acceptors (Lipinski definition) is 8. The van der Waals surface area contributed by atoms with Gasteiger partial charge >= 0.3 is 0 Å². The van der Waals surface area contributed by atoms with Gasteiger partial charge in [-0.2, -0.15) is 0 Å². The Balaban J connectivity index is 1.84. The van der Waals surface area contributed by atoms with E-state index in [1.54, 1.807) is 42.7 Å². The molecule has 1 aromatic heterocycles. The van der Waals surface area contributed by atoms with Gasteiger partial charge in [-0.1, -0.05) is 12.1 Å². The third kappa shape index (κ3) is 3.12. The average Bonchev–Trinajstić information content (AvgIpc) is 3.14. The first-order valence-corrected chi connectivity index (χ1v) is 8.19. The predicted molar refractivity (Wildman–Crippen MR) is 96.4 cm³/mol. The molecule has 8 nitrogen and oxygen atoms in total. The quantitative estimate of drug-likeness (QED) is 0.632. The second-order valence-corrected chi connectivity index (χ2v) is 5.81. The molecule has 3 N–H and O–H groups in total. The standard InChI is InChI=1S/C19H17N3O5/c1-25-14-5-2-4-11(18(14)24)17(22-19-20-6-3-7-21-19)12-8-15-16(9-13(12)23)27-10-26-15/h2-9,17,23-24H,10H2,1H3,(H,20,21,22)/t17-/m0/s1. The SMILES string of the molecule is COc1cccc([C@H](Nc2ncccn2)c2cc3c(cc2O)OCO3)c1O. The highest BCUT2D eigenvalue weighted by atomic mass is 16.7. The molecule has 8 heteroatoms. The minimum absolute atomic E-state index is 0.0186. The molecule has 4 rings (SSSR count). The van der Waals surface area contributed by atoms with Gasteiger partial charge in [0.2, 0.25) is 12.7 Å². The number of benzene rings is 2. The number of nitrogens with one attached hydrogen (secondary N) is 1. The van der Waals surface area contributed by atoms with Gasteiger partial charge in [-0.15, -0.1) is 0 Å². The van der Waals surface area contributed by atoms with Gasteiger partial charge in [0.25, 0.3) is 0 Å². The molecule has 0 saturated heterocycles. The van der Waals surface area contributed by atoms with Crippen LogP contribution in [0.15, 0.2) is 48.8 Å². The van der Waals surface area contributed by atoms with Crippen LogP contribution in [-0.4, -0.2) is 34.1 Å². The topological polar surface area (TPSA) is 106 Å². The van der Waals surface area contributed by atoms with Gasteiger partial charge in [-0.05, 0) is 18.2 Å².